The van der Waals surface area contributed by atoms with E-state index < -0.39 is 8.32 Å². The maximum Gasteiger partial charge on any atom is 0.187 e. The Morgan fingerprint density at radius 3 is 2.33 bits per heavy atom. The third kappa shape index (κ3) is 5.00. The monoisotopic (exact) mass is 164 g/mol. The summed E-state index contributed by atoms with van der Waals surface area (Å²) < 4.78 is 5.56. The molecule has 1 nitrogen and oxygen atoms in total. The fraction of sp³-hybridized carbons (Fsp3) is 1.00. The Labute approximate surface area is 64.3 Å². The van der Waals surface area contributed by atoms with Gasteiger partial charge in [0.25, 0.3) is 0 Å². The minimum atomic E-state index is -1.28. The quantitative estimate of drug-likeness (QED) is 0.495. The van der Waals surface area contributed by atoms with Gasteiger partial charge in [-0.1, -0.05) is 0 Å². The maximum absolute atomic E-state index is 5.56. The lowest BCUT2D eigenvalue weighted by Gasteiger charge is -2.20. The zero-order chi connectivity index (χ0) is 7.33. The average molecular weight is 164 g/mol. The molecule has 0 saturated carbocycles. The van der Waals surface area contributed by atoms with Crippen LogP contribution in [0.1, 0.15) is 6.92 Å². The molecule has 0 unspecified atom stereocenters. The van der Waals surface area contributed by atoms with Gasteiger partial charge >= 0.3 is 0 Å². The number of thiol groups is 1. The fourth-order valence-corrected chi connectivity index (χ4v) is 3.81. The molecule has 56 valence electrons. The molecule has 0 bridgehead atoms. The van der Waals surface area contributed by atoms with Crippen LogP contribution in [0, 0.1) is 0 Å². The SMILES string of the molecule is CCO[Si](C)(C)CCS. The first kappa shape index (κ1) is 9.53. The predicted molar refractivity (Wildman–Crippen MR) is 47.8 cm³/mol. The van der Waals surface area contributed by atoms with Crippen molar-refractivity contribution in [2.24, 2.45) is 0 Å². The Morgan fingerprint density at radius 1 is 1.44 bits per heavy atom. The second-order valence-corrected chi connectivity index (χ2v) is 7.42. The summed E-state index contributed by atoms with van der Waals surface area (Å²) in [5.74, 6) is 0.958. The summed E-state index contributed by atoms with van der Waals surface area (Å²) in [6.07, 6.45) is 0. The van der Waals surface area contributed by atoms with Gasteiger partial charge in [0.1, 0.15) is 0 Å². The molecule has 0 fully saturated rings. The van der Waals surface area contributed by atoms with Crippen LogP contribution in [0.3, 0.4) is 0 Å². The van der Waals surface area contributed by atoms with Crippen molar-refractivity contribution in [2.45, 2.75) is 26.1 Å². The molecule has 3 heteroatoms. The highest BCUT2D eigenvalue weighted by Gasteiger charge is 2.19. The smallest absolute Gasteiger partial charge is 0.187 e. The van der Waals surface area contributed by atoms with E-state index in [0.717, 1.165) is 18.4 Å². The summed E-state index contributed by atoms with van der Waals surface area (Å²) in [7, 11) is -1.28. The van der Waals surface area contributed by atoms with Crippen LogP contribution in [0.15, 0.2) is 0 Å². The summed E-state index contributed by atoms with van der Waals surface area (Å²) in [6, 6.07) is 1.16. The van der Waals surface area contributed by atoms with Crippen LogP contribution in [0.25, 0.3) is 0 Å². The highest BCUT2D eigenvalue weighted by atomic mass is 32.1. The lowest BCUT2D eigenvalue weighted by atomic mass is 10.9. The number of hydrogen-bond donors (Lipinski definition) is 1. The molecule has 0 aliphatic rings. The zero-order valence-electron chi connectivity index (χ0n) is 6.48. The van der Waals surface area contributed by atoms with E-state index in [9.17, 15) is 0 Å². The van der Waals surface area contributed by atoms with Crippen molar-refractivity contribution in [3.63, 3.8) is 0 Å². The molecule has 0 radical (unpaired) electrons. The van der Waals surface area contributed by atoms with Crippen molar-refractivity contribution in [2.75, 3.05) is 12.4 Å². The van der Waals surface area contributed by atoms with E-state index in [0.29, 0.717) is 0 Å². The molecule has 0 aromatic carbocycles. The fourth-order valence-electron chi connectivity index (χ4n) is 0.732. The summed E-state index contributed by atoms with van der Waals surface area (Å²) in [5.41, 5.74) is 0. The summed E-state index contributed by atoms with van der Waals surface area (Å²) >= 11 is 4.16. The largest absolute Gasteiger partial charge is 0.418 e. The van der Waals surface area contributed by atoms with E-state index in [1.807, 2.05) is 6.92 Å². The van der Waals surface area contributed by atoms with Crippen molar-refractivity contribution in [1.82, 2.24) is 0 Å². The molecule has 0 amide bonds. The lowest BCUT2D eigenvalue weighted by Crippen LogP contribution is -2.30. The van der Waals surface area contributed by atoms with Crippen molar-refractivity contribution < 1.29 is 4.43 Å². The van der Waals surface area contributed by atoms with Gasteiger partial charge in [0.05, 0.1) is 0 Å². The van der Waals surface area contributed by atoms with Crippen molar-refractivity contribution in [3.8, 4) is 0 Å². The summed E-state index contributed by atoms with van der Waals surface area (Å²) in [4.78, 5) is 0. The predicted octanol–water partition coefficient (Wildman–Crippen LogP) is 2.16. The molecule has 0 spiro atoms. The Morgan fingerprint density at radius 2 is 2.00 bits per heavy atom. The van der Waals surface area contributed by atoms with Gasteiger partial charge in [-0.15, -0.1) is 0 Å². The molecular weight excluding hydrogens is 148 g/mol. The second kappa shape index (κ2) is 4.36. The van der Waals surface area contributed by atoms with Crippen LogP contribution in [0.2, 0.25) is 19.1 Å². The Balaban J connectivity index is 3.43. The summed E-state index contributed by atoms with van der Waals surface area (Å²) in [6.45, 7) is 7.36. The van der Waals surface area contributed by atoms with E-state index in [4.69, 9.17) is 4.43 Å². The summed E-state index contributed by atoms with van der Waals surface area (Å²) in [5, 5.41) is 0. The standard InChI is InChI=1S/C6H16OSSi/c1-4-7-9(2,3)6-5-8/h8H,4-6H2,1-3H3. The van der Waals surface area contributed by atoms with Gasteiger partial charge in [-0.3, -0.25) is 0 Å². The van der Waals surface area contributed by atoms with E-state index in [-0.39, 0.29) is 0 Å². The van der Waals surface area contributed by atoms with E-state index >= 15 is 0 Å². The van der Waals surface area contributed by atoms with Crippen LogP contribution < -0.4 is 0 Å². The van der Waals surface area contributed by atoms with Crippen molar-refractivity contribution >= 4 is 20.9 Å². The normalized spacial score (nSPS) is 12.0. The molecule has 0 aromatic rings. The minimum absolute atomic E-state index is 0.854. The zero-order valence-corrected chi connectivity index (χ0v) is 8.37. The van der Waals surface area contributed by atoms with Crippen LogP contribution in [0.5, 0.6) is 0 Å². The molecule has 9 heavy (non-hydrogen) atoms. The minimum Gasteiger partial charge on any atom is -0.418 e. The van der Waals surface area contributed by atoms with Gasteiger partial charge in [-0.05, 0) is 31.8 Å². The van der Waals surface area contributed by atoms with Gasteiger partial charge in [0.15, 0.2) is 8.32 Å². The van der Waals surface area contributed by atoms with Gasteiger partial charge in [0.2, 0.25) is 0 Å². The van der Waals surface area contributed by atoms with Gasteiger partial charge in [-0.2, -0.15) is 12.6 Å². The van der Waals surface area contributed by atoms with E-state index in [1.165, 1.54) is 0 Å². The van der Waals surface area contributed by atoms with Crippen molar-refractivity contribution in [3.05, 3.63) is 0 Å². The topological polar surface area (TPSA) is 9.23 Å². The van der Waals surface area contributed by atoms with Crippen LogP contribution in [0.4, 0.5) is 0 Å². The lowest BCUT2D eigenvalue weighted by molar-refractivity contribution is 0.330. The van der Waals surface area contributed by atoms with Crippen molar-refractivity contribution in [1.29, 1.82) is 0 Å². The maximum atomic E-state index is 5.56. The van der Waals surface area contributed by atoms with Gasteiger partial charge < -0.3 is 4.43 Å². The highest BCUT2D eigenvalue weighted by Crippen LogP contribution is 2.10. The number of hydrogen-bond acceptors (Lipinski definition) is 2. The van der Waals surface area contributed by atoms with Gasteiger partial charge in [0, 0.05) is 6.61 Å². The third-order valence-electron chi connectivity index (χ3n) is 1.25. The molecule has 0 aliphatic carbocycles. The Kier molecular flexibility index (Phi) is 4.61. The Bertz CT molecular complexity index is 67.5. The molecule has 0 aliphatic heterocycles. The van der Waals surface area contributed by atoms with Crippen LogP contribution >= 0.6 is 12.6 Å². The molecule has 0 N–H and O–H groups in total. The molecule has 0 saturated heterocycles. The number of rotatable bonds is 4. The second-order valence-electron chi connectivity index (χ2n) is 2.67. The first-order valence-corrected chi connectivity index (χ1v) is 7.12. The first-order chi connectivity index (χ1) is 4.12. The third-order valence-corrected chi connectivity index (χ3v) is 4.42. The average Bonchev–Trinajstić information content (AvgIpc) is 1.64. The van der Waals surface area contributed by atoms with E-state index in [2.05, 4.69) is 25.7 Å². The van der Waals surface area contributed by atoms with Gasteiger partial charge in [-0.25, -0.2) is 0 Å². The highest BCUT2D eigenvalue weighted by molar-refractivity contribution is 7.80. The van der Waals surface area contributed by atoms with Crippen LogP contribution in [-0.2, 0) is 4.43 Å². The molecule has 0 heterocycles. The van der Waals surface area contributed by atoms with Crippen LogP contribution in [-0.4, -0.2) is 20.7 Å². The first-order valence-electron chi connectivity index (χ1n) is 3.37. The van der Waals surface area contributed by atoms with E-state index in [1.54, 1.807) is 0 Å². The molecule has 0 rings (SSSR count). The molecule has 0 atom stereocenters. The Hall–Kier alpha value is 0.527. The molecular formula is C6H16OSSi. The molecule has 0 aromatic heterocycles.